The van der Waals surface area contributed by atoms with Gasteiger partial charge in [-0.15, -0.1) is 0 Å². The smallest absolute Gasteiger partial charge is 0.261 e. The zero-order chi connectivity index (χ0) is 22.6. The third-order valence-corrected chi connectivity index (χ3v) is 7.50. The Balaban J connectivity index is 1.30. The molecule has 2 N–H and O–H groups in total. The van der Waals surface area contributed by atoms with Crippen LogP contribution >= 0.6 is 12.2 Å². The minimum atomic E-state index is 0.0600. The molecule has 6 heteroatoms. The molecule has 2 heterocycles. The van der Waals surface area contributed by atoms with Crippen LogP contribution in [0.4, 0.5) is 5.69 Å². The monoisotopic (exact) mass is 460 g/mol. The van der Waals surface area contributed by atoms with E-state index in [0.717, 1.165) is 55.8 Å². The molecular formula is C27H32N4OS. The number of aryl methyl sites for hydroxylation is 1. The van der Waals surface area contributed by atoms with Crippen LogP contribution in [-0.2, 0) is 13.0 Å². The van der Waals surface area contributed by atoms with Gasteiger partial charge in [0.1, 0.15) is 5.82 Å². The Morgan fingerprint density at radius 3 is 2.70 bits per heavy atom. The molecule has 1 aliphatic heterocycles. The van der Waals surface area contributed by atoms with Crippen molar-refractivity contribution in [2.45, 2.75) is 63.8 Å². The summed E-state index contributed by atoms with van der Waals surface area (Å²) in [5, 5.41) is 7.99. The third-order valence-electron chi connectivity index (χ3n) is 7.25. The molecule has 0 spiro atoms. The highest BCUT2D eigenvalue weighted by atomic mass is 32.1. The van der Waals surface area contributed by atoms with Crippen molar-refractivity contribution in [2.24, 2.45) is 5.92 Å². The molecule has 5 nitrogen and oxygen atoms in total. The molecule has 1 aromatic heterocycles. The molecule has 33 heavy (non-hydrogen) atoms. The van der Waals surface area contributed by atoms with E-state index in [-0.39, 0.29) is 5.56 Å². The lowest BCUT2D eigenvalue weighted by Crippen LogP contribution is -2.34. The maximum Gasteiger partial charge on any atom is 0.261 e. The van der Waals surface area contributed by atoms with Crippen molar-refractivity contribution in [3.63, 3.8) is 0 Å². The van der Waals surface area contributed by atoms with Gasteiger partial charge in [0.15, 0.2) is 5.11 Å². The van der Waals surface area contributed by atoms with E-state index in [4.69, 9.17) is 17.2 Å². The summed E-state index contributed by atoms with van der Waals surface area (Å²) >= 11 is 5.63. The number of nitrogens with zero attached hydrogens (tertiary/aromatic N) is 2. The summed E-state index contributed by atoms with van der Waals surface area (Å²) in [4.78, 5) is 17.9. The van der Waals surface area contributed by atoms with Gasteiger partial charge in [-0.3, -0.25) is 9.36 Å². The molecule has 1 atom stereocenters. The van der Waals surface area contributed by atoms with Crippen LogP contribution in [0.2, 0.25) is 0 Å². The van der Waals surface area contributed by atoms with E-state index in [2.05, 4.69) is 41.0 Å². The fraction of sp³-hybridized carbons (Fsp3) is 0.444. The van der Waals surface area contributed by atoms with E-state index >= 15 is 0 Å². The van der Waals surface area contributed by atoms with Crippen LogP contribution in [0, 0.1) is 5.92 Å². The molecule has 0 amide bonds. The van der Waals surface area contributed by atoms with Gasteiger partial charge < -0.3 is 10.6 Å². The minimum absolute atomic E-state index is 0.0600. The largest absolute Gasteiger partial charge is 0.362 e. The molecule has 2 aliphatic rings. The van der Waals surface area contributed by atoms with Gasteiger partial charge in [0.2, 0.25) is 0 Å². The Hall–Kier alpha value is -2.73. The molecule has 0 saturated heterocycles. The topological polar surface area (TPSA) is 59.0 Å². The lowest BCUT2D eigenvalue weighted by molar-refractivity contribution is 0.430. The quantitative estimate of drug-likeness (QED) is 0.501. The van der Waals surface area contributed by atoms with Crippen molar-refractivity contribution in [2.75, 3.05) is 11.9 Å². The first kappa shape index (κ1) is 22.1. The van der Waals surface area contributed by atoms with Crippen LogP contribution in [0.5, 0.6) is 0 Å². The van der Waals surface area contributed by atoms with Crippen molar-refractivity contribution in [1.29, 1.82) is 0 Å². The lowest BCUT2D eigenvalue weighted by atomic mass is 9.85. The number of rotatable bonds is 5. The summed E-state index contributed by atoms with van der Waals surface area (Å²) in [6, 6.07) is 16.6. The SMILES string of the molecule is O=c1c2cc(NC(=S)NCC(c3ccccc3)C3CCCC3)ccc2nc2n1CCCCC2. The van der Waals surface area contributed by atoms with Gasteiger partial charge >= 0.3 is 0 Å². The lowest BCUT2D eigenvalue weighted by Gasteiger charge is -2.25. The fourth-order valence-electron chi connectivity index (χ4n) is 5.49. The molecule has 2 aromatic carbocycles. The number of fused-ring (bicyclic) bond motifs is 2. The van der Waals surface area contributed by atoms with E-state index in [1.165, 1.54) is 31.2 Å². The first-order valence-corrected chi connectivity index (χ1v) is 12.7. The summed E-state index contributed by atoms with van der Waals surface area (Å²) in [6.45, 7) is 1.57. The van der Waals surface area contributed by atoms with Gasteiger partial charge in [-0.2, -0.15) is 0 Å². The van der Waals surface area contributed by atoms with Gasteiger partial charge in [-0.25, -0.2) is 4.98 Å². The third kappa shape index (κ3) is 4.96. The molecule has 1 aliphatic carbocycles. The molecule has 1 unspecified atom stereocenters. The maximum atomic E-state index is 13.1. The molecule has 0 bridgehead atoms. The second-order valence-electron chi connectivity index (χ2n) is 9.42. The number of benzene rings is 2. The molecule has 1 fully saturated rings. The van der Waals surface area contributed by atoms with Crippen molar-refractivity contribution < 1.29 is 0 Å². The highest BCUT2D eigenvalue weighted by molar-refractivity contribution is 7.80. The Morgan fingerprint density at radius 1 is 1.06 bits per heavy atom. The van der Waals surface area contributed by atoms with E-state index < -0.39 is 0 Å². The number of anilines is 1. The van der Waals surface area contributed by atoms with E-state index in [0.29, 0.717) is 22.3 Å². The predicted octanol–water partition coefficient (Wildman–Crippen LogP) is 5.38. The first-order chi connectivity index (χ1) is 16.2. The van der Waals surface area contributed by atoms with Crippen LogP contribution in [-0.4, -0.2) is 21.2 Å². The first-order valence-electron chi connectivity index (χ1n) is 12.3. The van der Waals surface area contributed by atoms with Crippen molar-refractivity contribution in [3.05, 3.63) is 70.3 Å². The molecule has 172 valence electrons. The van der Waals surface area contributed by atoms with Crippen molar-refractivity contribution in [3.8, 4) is 0 Å². The maximum absolute atomic E-state index is 13.1. The summed E-state index contributed by atoms with van der Waals surface area (Å²) < 4.78 is 1.86. The van der Waals surface area contributed by atoms with Crippen LogP contribution in [0.1, 0.15) is 62.3 Å². The van der Waals surface area contributed by atoms with Crippen LogP contribution in [0.25, 0.3) is 10.9 Å². The fourth-order valence-corrected chi connectivity index (χ4v) is 5.69. The number of aromatic nitrogens is 2. The summed E-state index contributed by atoms with van der Waals surface area (Å²) in [5.74, 6) is 2.07. The second kappa shape index (κ2) is 10.0. The summed E-state index contributed by atoms with van der Waals surface area (Å²) in [7, 11) is 0. The zero-order valence-corrected chi connectivity index (χ0v) is 19.9. The number of hydrogen-bond acceptors (Lipinski definition) is 3. The average molecular weight is 461 g/mol. The minimum Gasteiger partial charge on any atom is -0.362 e. The van der Waals surface area contributed by atoms with E-state index in [1.54, 1.807) is 0 Å². The molecule has 1 saturated carbocycles. The van der Waals surface area contributed by atoms with Gasteiger partial charge in [-0.05, 0) is 67.6 Å². The second-order valence-corrected chi connectivity index (χ2v) is 9.83. The predicted molar refractivity (Wildman–Crippen MR) is 139 cm³/mol. The zero-order valence-electron chi connectivity index (χ0n) is 19.1. The van der Waals surface area contributed by atoms with Gasteiger partial charge in [0.25, 0.3) is 5.56 Å². The Morgan fingerprint density at radius 2 is 1.88 bits per heavy atom. The number of thiocarbonyl (C=S) groups is 1. The van der Waals surface area contributed by atoms with Gasteiger partial charge in [-0.1, -0.05) is 49.6 Å². The Labute approximate surface area is 200 Å². The molecule has 0 radical (unpaired) electrons. The van der Waals surface area contributed by atoms with Gasteiger partial charge in [0.05, 0.1) is 10.9 Å². The van der Waals surface area contributed by atoms with Gasteiger partial charge in [0, 0.05) is 31.1 Å². The number of nitrogens with one attached hydrogen (secondary N) is 2. The molecular weight excluding hydrogens is 428 g/mol. The van der Waals surface area contributed by atoms with Crippen LogP contribution in [0.15, 0.2) is 53.3 Å². The standard InChI is InChI=1S/C27H32N4OS/c32-26-22-17-21(14-15-24(22)30-25-13-5-2-8-16-31(25)26)29-27(33)28-18-23(20-11-6-7-12-20)19-9-3-1-4-10-19/h1,3-4,9-10,14-15,17,20,23H,2,5-8,11-13,16,18H2,(H2,28,29,33). The molecule has 5 rings (SSSR count). The van der Waals surface area contributed by atoms with Crippen LogP contribution < -0.4 is 16.2 Å². The van der Waals surface area contributed by atoms with Crippen molar-refractivity contribution in [1.82, 2.24) is 14.9 Å². The normalized spacial score (nSPS) is 17.3. The summed E-state index contributed by atoms with van der Waals surface area (Å²) in [5.41, 5.74) is 3.03. The Bertz CT molecular complexity index is 1180. The Kier molecular flexibility index (Phi) is 6.72. The highest BCUT2D eigenvalue weighted by Crippen LogP contribution is 2.37. The molecule has 3 aromatic rings. The van der Waals surface area contributed by atoms with E-state index in [9.17, 15) is 4.79 Å². The summed E-state index contributed by atoms with van der Waals surface area (Å²) in [6.07, 6.45) is 9.38. The number of hydrogen-bond donors (Lipinski definition) is 2. The van der Waals surface area contributed by atoms with Crippen molar-refractivity contribution >= 4 is 33.9 Å². The van der Waals surface area contributed by atoms with Crippen LogP contribution in [0.3, 0.4) is 0 Å². The highest BCUT2D eigenvalue weighted by Gasteiger charge is 2.26. The average Bonchev–Trinajstić information content (AvgIpc) is 3.25. The van der Waals surface area contributed by atoms with E-state index in [1.807, 2.05) is 22.8 Å².